The molecular formula is C11H13N3O2. The topological polar surface area (TPSA) is 71.2 Å². The van der Waals surface area contributed by atoms with E-state index in [0.29, 0.717) is 5.82 Å². The molecule has 2 aromatic rings. The molecule has 0 aliphatic carbocycles. The minimum absolute atomic E-state index is 0.288. The van der Waals surface area contributed by atoms with Gasteiger partial charge in [-0.1, -0.05) is 17.3 Å². The molecule has 0 aliphatic rings. The Balaban J connectivity index is 1.70. The third kappa shape index (κ3) is 3.06. The van der Waals surface area contributed by atoms with Gasteiger partial charge in [-0.25, -0.2) is 0 Å². The van der Waals surface area contributed by atoms with Crippen LogP contribution >= 0.6 is 0 Å². The molecule has 0 amide bonds. The Kier molecular flexibility index (Phi) is 3.50. The fourth-order valence-corrected chi connectivity index (χ4v) is 1.35. The zero-order chi connectivity index (χ0) is 11.2. The molecule has 2 rings (SSSR count). The van der Waals surface area contributed by atoms with Crippen LogP contribution in [0, 0.1) is 0 Å². The summed E-state index contributed by atoms with van der Waals surface area (Å²) in [6.07, 6.45) is 2.07. The largest absolute Gasteiger partial charge is 0.508 e. The van der Waals surface area contributed by atoms with Crippen LogP contribution in [0.25, 0.3) is 0 Å². The van der Waals surface area contributed by atoms with Crippen molar-refractivity contribution in [3.05, 3.63) is 42.0 Å². The van der Waals surface area contributed by atoms with Gasteiger partial charge in [-0.3, -0.25) is 0 Å². The molecule has 16 heavy (non-hydrogen) atoms. The van der Waals surface area contributed by atoms with E-state index in [1.54, 1.807) is 12.1 Å². The van der Waals surface area contributed by atoms with Crippen LogP contribution in [-0.4, -0.2) is 21.8 Å². The van der Waals surface area contributed by atoms with Gasteiger partial charge in [0.25, 0.3) is 0 Å². The van der Waals surface area contributed by atoms with Gasteiger partial charge in [0, 0.05) is 19.5 Å². The van der Waals surface area contributed by atoms with Crippen LogP contribution in [0.15, 0.2) is 35.2 Å². The van der Waals surface area contributed by atoms with Gasteiger partial charge in [-0.05, 0) is 17.7 Å². The van der Waals surface area contributed by atoms with E-state index < -0.39 is 0 Å². The summed E-state index contributed by atoms with van der Waals surface area (Å²) in [6, 6.07) is 7.12. The molecule has 0 fully saturated rings. The summed E-state index contributed by atoms with van der Waals surface area (Å²) in [5.41, 5.74) is 1.13. The summed E-state index contributed by atoms with van der Waals surface area (Å²) in [6.45, 7) is 1.55. The van der Waals surface area contributed by atoms with Gasteiger partial charge in [-0.2, -0.15) is 4.98 Å². The molecule has 5 nitrogen and oxygen atoms in total. The van der Waals surface area contributed by atoms with E-state index >= 15 is 0 Å². The number of aromatic nitrogens is 2. The van der Waals surface area contributed by atoms with Crippen LogP contribution in [0.4, 0.5) is 0 Å². The van der Waals surface area contributed by atoms with Gasteiger partial charge < -0.3 is 14.9 Å². The van der Waals surface area contributed by atoms with E-state index in [1.807, 2.05) is 12.1 Å². The number of rotatable bonds is 5. The highest BCUT2D eigenvalue weighted by atomic mass is 16.5. The second kappa shape index (κ2) is 5.27. The number of phenols is 1. The Morgan fingerprint density at radius 3 is 2.75 bits per heavy atom. The van der Waals surface area contributed by atoms with Gasteiger partial charge >= 0.3 is 0 Å². The maximum absolute atomic E-state index is 9.11. The SMILES string of the molecule is Oc1ccc(CNCCc2ncon2)cc1. The van der Waals surface area contributed by atoms with E-state index in [2.05, 4.69) is 20.0 Å². The highest BCUT2D eigenvalue weighted by molar-refractivity contribution is 5.25. The summed E-state index contributed by atoms with van der Waals surface area (Å²) in [5, 5.41) is 16.1. The third-order valence-electron chi connectivity index (χ3n) is 2.20. The molecule has 0 radical (unpaired) electrons. The van der Waals surface area contributed by atoms with Crippen LogP contribution in [0.3, 0.4) is 0 Å². The Bertz CT molecular complexity index is 411. The first-order chi connectivity index (χ1) is 7.84. The maximum Gasteiger partial charge on any atom is 0.213 e. The van der Waals surface area contributed by atoms with Crippen molar-refractivity contribution in [3.63, 3.8) is 0 Å². The van der Waals surface area contributed by atoms with Crippen molar-refractivity contribution >= 4 is 0 Å². The number of aromatic hydroxyl groups is 1. The molecule has 5 heteroatoms. The number of nitrogens with zero attached hydrogens (tertiary/aromatic N) is 2. The average Bonchev–Trinajstić information content (AvgIpc) is 2.80. The summed E-state index contributed by atoms with van der Waals surface area (Å²) >= 11 is 0. The fourth-order valence-electron chi connectivity index (χ4n) is 1.35. The van der Waals surface area contributed by atoms with Crippen molar-refractivity contribution in [3.8, 4) is 5.75 Å². The molecule has 1 heterocycles. The Morgan fingerprint density at radius 2 is 2.06 bits per heavy atom. The Hall–Kier alpha value is -1.88. The van der Waals surface area contributed by atoms with Crippen molar-refractivity contribution in [2.45, 2.75) is 13.0 Å². The highest BCUT2D eigenvalue weighted by Crippen LogP contribution is 2.08. The molecule has 0 saturated heterocycles. The molecule has 0 bridgehead atoms. The normalized spacial score (nSPS) is 10.5. The molecule has 0 unspecified atom stereocenters. The van der Waals surface area contributed by atoms with Crippen LogP contribution in [0.1, 0.15) is 11.4 Å². The first-order valence-corrected chi connectivity index (χ1v) is 5.08. The monoisotopic (exact) mass is 219 g/mol. The molecule has 0 aliphatic heterocycles. The van der Waals surface area contributed by atoms with Gasteiger partial charge in [-0.15, -0.1) is 0 Å². The first-order valence-electron chi connectivity index (χ1n) is 5.08. The van der Waals surface area contributed by atoms with Gasteiger partial charge in [0.1, 0.15) is 5.75 Å². The first kappa shape index (κ1) is 10.6. The van der Waals surface area contributed by atoms with E-state index in [0.717, 1.165) is 25.1 Å². The van der Waals surface area contributed by atoms with Crippen molar-refractivity contribution < 1.29 is 9.63 Å². The van der Waals surface area contributed by atoms with E-state index in [-0.39, 0.29) is 5.75 Å². The van der Waals surface area contributed by atoms with E-state index in [9.17, 15) is 0 Å². The second-order valence-corrected chi connectivity index (χ2v) is 3.44. The third-order valence-corrected chi connectivity index (χ3v) is 2.20. The quantitative estimate of drug-likeness (QED) is 0.737. The van der Waals surface area contributed by atoms with Gasteiger partial charge in [0.05, 0.1) is 0 Å². The lowest BCUT2D eigenvalue weighted by molar-refractivity contribution is 0.409. The van der Waals surface area contributed by atoms with Crippen LogP contribution in [0.2, 0.25) is 0 Å². The lowest BCUT2D eigenvalue weighted by Crippen LogP contribution is -2.17. The molecule has 2 N–H and O–H groups in total. The minimum Gasteiger partial charge on any atom is -0.508 e. The van der Waals surface area contributed by atoms with Crippen molar-refractivity contribution in [1.29, 1.82) is 0 Å². The zero-order valence-electron chi connectivity index (χ0n) is 8.76. The number of benzene rings is 1. The Morgan fingerprint density at radius 1 is 1.25 bits per heavy atom. The minimum atomic E-state index is 0.288. The molecule has 1 aromatic heterocycles. The summed E-state index contributed by atoms with van der Waals surface area (Å²) in [4.78, 5) is 3.92. The lowest BCUT2D eigenvalue weighted by Gasteiger charge is -2.03. The zero-order valence-corrected chi connectivity index (χ0v) is 8.76. The summed E-state index contributed by atoms with van der Waals surface area (Å²) in [7, 11) is 0. The second-order valence-electron chi connectivity index (χ2n) is 3.44. The van der Waals surface area contributed by atoms with Crippen molar-refractivity contribution in [2.75, 3.05) is 6.54 Å². The molecule has 84 valence electrons. The molecular weight excluding hydrogens is 206 g/mol. The smallest absolute Gasteiger partial charge is 0.213 e. The number of nitrogens with one attached hydrogen (secondary N) is 1. The summed E-state index contributed by atoms with van der Waals surface area (Å²) in [5.74, 6) is 0.994. The number of phenolic OH excluding ortho intramolecular Hbond substituents is 1. The number of hydrogen-bond acceptors (Lipinski definition) is 5. The molecule has 1 aromatic carbocycles. The van der Waals surface area contributed by atoms with Crippen LogP contribution in [-0.2, 0) is 13.0 Å². The predicted octanol–water partition coefficient (Wildman–Crippen LogP) is 1.11. The molecule has 0 atom stereocenters. The van der Waals surface area contributed by atoms with Crippen molar-refractivity contribution in [1.82, 2.24) is 15.5 Å². The molecule has 0 spiro atoms. The van der Waals surface area contributed by atoms with Gasteiger partial charge in [0.2, 0.25) is 6.39 Å². The van der Waals surface area contributed by atoms with Crippen LogP contribution < -0.4 is 5.32 Å². The standard InChI is InChI=1S/C11H13N3O2/c15-10-3-1-9(2-4-10)7-12-6-5-11-13-8-16-14-11/h1-4,8,12,15H,5-7H2. The predicted molar refractivity (Wildman–Crippen MR) is 57.8 cm³/mol. The fraction of sp³-hybridized carbons (Fsp3) is 0.273. The van der Waals surface area contributed by atoms with E-state index in [1.165, 1.54) is 6.39 Å². The van der Waals surface area contributed by atoms with Crippen LogP contribution in [0.5, 0.6) is 5.75 Å². The average molecular weight is 219 g/mol. The Labute approximate surface area is 93.1 Å². The van der Waals surface area contributed by atoms with Crippen molar-refractivity contribution in [2.24, 2.45) is 0 Å². The highest BCUT2D eigenvalue weighted by Gasteiger charge is 1.97. The summed E-state index contributed by atoms with van der Waals surface area (Å²) < 4.78 is 4.63. The van der Waals surface area contributed by atoms with Gasteiger partial charge in [0.15, 0.2) is 5.82 Å². The number of hydrogen-bond donors (Lipinski definition) is 2. The lowest BCUT2D eigenvalue weighted by atomic mass is 10.2. The maximum atomic E-state index is 9.11. The molecule has 0 saturated carbocycles. The van der Waals surface area contributed by atoms with E-state index in [4.69, 9.17) is 5.11 Å².